The lowest BCUT2D eigenvalue weighted by Crippen LogP contribution is -2.22. The summed E-state index contributed by atoms with van der Waals surface area (Å²) in [6, 6.07) is 0. The molecule has 24 heavy (non-hydrogen) atoms. The number of fused-ring (bicyclic) bond motifs is 3. The third-order valence-corrected chi connectivity index (χ3v) is 5.78. The zero-order chi connectivity index (χ0) is 17.0. The largest absolute Gasteiger partial charge is 0.481 e. The van der Waals surface area contributed by atoms with E-state index in [1.807, 2.05) is 6.92 Å². The van der Waals surface area contributed by atoms with E-state index in [1.54, 1.807) is 6.92 Å². The average molecular weight is 345 g/mol. The SMILES string of the molecule is Cc1noc(C)c1Cn1cnc2sc3c(c2c1=O)C(C(=O)O)CC3. The van der Waals surface area contributed by atoms with Crippen molar-refractivity contribution in [1.82, 2.24) is 14.7 Å². The number of thiophene rings is 1. The number of hydrogen-bond donors (Lipinski definition) is 1. The van der Waals surface area contributed by atoms with E-state index >= 15 is 0 Å². The molecule has 3 heterocycles. The second-order valence-electron chi connectivity index (χ2n) is 6.03. The highest BCUT2D eigenvalue weighted by Crippen LogP contribution is 2.42. The zero-order valence-electron chi connectivity index (χ0n) is 13.2. The van der Waals surface area contributed by atoms with Crippen LogP contribution in [0.3, 0.4) is 0 Å². The van der Waals surface area contributed by atoms with Gasteiger partial charge in [-0.05, 0) is 32.3 Å². The third-order valence-electron chi connectivity index (χ3n) is 4.61. The molecule has 0 aliphatic heterocycles. The Morgan fingerprint density at radius 3 is 2.96 bits per heavy atom. The van der Waals surface area contributed by atoms with Crippen LogP contribution in [0, 0.1) is 13.8 Å². The number of aromatic nitrogens is 3. The summed E-state index contributed by atoms with van der Waals surface area (Å²) in [6.45, 7) is 3.94. The van der Waals surface area contributed by atoms with Gasteiger partial charge in [0.1, 0.15) is 10.6 Å². The van der Waals surface area contributed by atoms with Crippen LogP contribution in [0.4, 0.5) is 0 Å². The molecule has 0 spiro atoms. The summed E-state index contributed by atoms with van der Waals surface area (Å²) in [5, 5.41) is 13.8. The highest BCUT2D eigenvalue weighted by molar-refractivity contribution is 7.18. The predicted octanol–water partition coefficient (Wildman–Crippen LogP) is 2.23. The summed E-state index contributed by atoms with van der Waals surface area (Å²) in [6.07, 6.45) is 2.75. The van der Waals surface area contributed by atoms with Gasteiger partial charge in [-0.3, -0.25) is 14.2 Å². The van der Waals surface area contributed by atoms with Crippen molar-refractivity contribution in [3.63, 3.8) is 0 Å². The number of carbonyl (C=O) groups is 1. The molecule has 1 N–H and O–H groups in total. The molecular weight excluding hydrogens is 330 g/mol. The molecule has 1 aliphatic rings. The van der Waals surface area contributed by atoms with E-state index in [9.17, 15) is 14.7 Å². The van der Waals surface area contributed by atoms with Crippen LogP contribution in [0.1, 0.15) is 39.8 Å². The number of hydrogen-bond acceptors (Lipinski definition) is 6. The molecule has 124 valence electrons. The summed E-state index contributed by atoms with van der Waals surface area (Å²) in [5.41, 5.74) is 2.04. The van der Waals surface area contributed by atoms with Gasteiger partial charge >= 0.3 is 5.97 Å². The van der Waals surface area contributed by atoms with Crippen LogP contribution in [-0.2, 0) is 17.8 Å². The van der Waals surface area contributed by atoms with Gasteiger partial charge in [0.2, 0.25) is 0 Å². The standard InChI is InChI=1S/C16H15N3O4S/c1-7-10(8(2)23-18-7)5-19-6-17-14-13(15(19)20)12-9(16(21)22)3-4-11(12)24-14/h6,9H,3-5H2,1-2H3,(H,21,22). The molecule has 8 heteroatoms. The van der Waals surface area contributed by atoms with Crippen LogP contribution in [0.25, 0.3) is 10.2 Å². The number of rotatable bonds is 3. The molecule has 1 atom stereocenters. The molecule has 7 nitrogen and oxygen atoms in total. The van der Waals surface area contributed by atoms with Gasteiger partial charge in [-0.2, -0.15) is 0 Å². The number of aryl methyl sites for hydroxylation is 3. The van der Waals surface area contributed by atoms with Crippen LogP contribution in [0.15, 0.2) is 15.6 Å². The van der Waals surface area contributed by atoms with Gasteiger partial charge in [-0.25, -0.2) is 4.98 Å². The van der Waals surface area contributed by atoms with E-state index in [4.69, 9.17) is 4.52 Å². The van der Waals surface area contributed by atoms with Gasteiger partial charge in [0.05, 0.1) is 29.9 Å². The summed E-state index contributed by atoms with van der Waals surface area (Å²) >= 11 is 1.43. The highest BCUT2D eigenvalue weighted by Gasteiger charge is 2.34. The van der Waals surface area contributed by atoms with Crippen LogP contribution in [0.2, 0.25) is 0 Å². The van der Waals surface area contributed by atoms with Crippen molar-refractivity contribution in [3.05, 3.63) is 44.1 Å². The van der Waals surface area contributed by atoms with Crippen molar-refractivity contribution in [2.75, 3.05) is 0 Å². The number of carboxylic acid groups (broad SMARTS) is 1. The van der Waals surface area contributed by atoms with E-state index in [2.05, 4.69) is 10.1 Å². The van der Waals surface area contributed by atoms with E-state index in [1.165, 1.54) is 22.2 Å². The fraction of sp³-hybridized carbons (Fsp3) is 0.375. The van der Waals surface area contributed by atoms with Crippen molar-refractivity contribution in [2.24, 2.45) is 0 Å². The number of nitrogens with zero attached hydrogens (tertiary/aromatic N) is 3. The molecule has 0 saturated heterocycles. The Morgan fingerprint density at radius 2 is 2.29 bits per heavy atom. The molecule has 0 fully saturated rings. The van der Waals surface area contributed by atoms with Crippen molar-refractivity contribution in [2.45, 2.75) is 39.2 Å². The van der Waals surface area contributed by atoms with E-state index in [0.29, 0.717) is 40.9 Å². The van der Waals surface area contributed by atoms with Crippen LogP contribution < -0.4 is 5.56 Å². The Kier molecular flexibility index (Phi) is 3.31. The number of carboxylic acids is 1. The van der Waals surface area contributed by atoms with Crippen molar-refractivity contribution in [3.8, 4) is 0 Å². The molecule has 3 aromatic heterocycles. The van der Waals surface area contributed by atoms with Gasteiger partial charge < -0.3 is 9.63 Å². The van der Waals surface area contributed by atoms with Crippen molar-refractivity contribution in [1.29, 1.82) is 0 Å². The molecule has 3 aromatic rings. The summed E-state index contributed by atoms with van der Waals surface area (Å²) in [5.74, 6) is -0.828. The molecular formula is C16H15N3O4S. The Balaban J connectivity index is 1.88. The quantitative estimate of drug-likeness (QED) is 0.781. The molecule has 0 radical (unpaired) electrons. The Bertz CT molecular complexity index is 1010. The van der Waals surface area contributed by atoms with Gasteiger partial charge in [-0.15, -0.1) is 11.3 Å². The first-order chi connectivity index (χ1) is 11.5. The van der Waals surface area contributed by atoms with Crippen LogP contribution >= 0.6 is 11.3 Å². The fourth-order valence-corrected chi connectivity index (χ4v) is 4.53. The first-order valence-electron chi connectivity index (χ1n) is 7.62. The summed E-state index contributed by atoms with van der Waals surface area (Å²) in [4.78, 5) is 30.4. The minimum Gasteiger partial charge on any atom is -0.481 e. The summed E-state index contributed by atoms with van der Waals surface area (Å²) in [7, 11) is 0. The maximum Gasteiger partial charge on any atom is 0.311 e. The maximum absolute atomic E-state index is 13.0. The zero-order valence-corrected chi connectivity index (χ0v) is 14.0. The first kappa shape index (κ1) is 15.1. The molecule has 4 rings (SSSR count). The van der Waals surface area contributed by atoms with E-state index < -0.39 is 11.9 Å². The second kappa shape index (κ2) is 5.27. The minimum absolute atomic E-state index is 0.203. The lowest BCUT2D eigenvalue weighted by atomic mass is 10.0. The lowest BCUT2D eigenvalue weighted by Gasteiger charge is -2.07. The average Bonchev–Trinajstić information content (AvgIpc) is 3.18. The van der Waals surface area contributed by atoms with E-state index in [0.717, 1.165) is 16.1 Å². The minimum atomic E-state index is -0.881. The monoisotopic (exact) mass is 345 g/mol. The maximum atomic E-state index is 13.0. The molecule has 0 bridgehead atoms. The second-order valence-corrected chi connectivity index (χ2v) is 7.11. The Hall–Kier alpha value is -2.48. The van der Waals surface area contributed by atoms with Gasteiger partial charge in [-0.1, -0.05) is 5.16 Å². The van der Waals surface area contributed by atoms with E-state index in [-0.39, 0.29) is 5.56 Å². The Labute approximate surface area is 140 Å². The van der Waals surface area contributed by atoms with Crippen LogP contribution in [0.5, 0.6) is 0 Å². The topological polar surface area (TPSA) is 98.2 Å². The molecule has 0 saturated carbocycles. The fourth-order valence-electron chi connectivity index (χ4n) is 3.32. The number of aliphatic carboxylic acids is 1. The van der Waals surface area contributed by atoms with Crippen LogP contribution in [-0.4, -0.2) is 25.8 Å². The normalized spacial score (nSPS) is 16.7. The van der Waals surface area contributed by atoms with Crippen molar-refractivity contribution >= 4 is 27.5 Å². The molecule has 1 aliphatic carbocycles. The smallest absolute Gasteiger partial charge is 0.311 e. The predicted molar refractivity (Wildman–Crippen MR) is 87.7 cm³/mol. The molecule has 0 aromatic carbocycles. The highest BCUT2D eigenvalue weighted by atomic mass is 32.1. The van der Waals surface area contributed by atoms with Crippen molar-refractivity contribution < 1.29 is 14.4 Å². The van der Waals surface area contributed by atoms with Gasteiger partial charge in [0.25, 0.3) is 5.56 Å². The molecule has 0 amide bonds. The third kappa shape index (κ3) is 2.10. The molecule has 1 unspecified atom stereocenters. The Morgan fingerprint density at radius 1 is 1.50 bits per heavy atom. The van der Waals surface area contributed by atoms with Gasteiger partial charge in [0, 0.05) is 10.4 Å². The van der Waals surface area contributed by atoms with Gasteiger partial charge in [0.15, 0.2) is 0 Å². The summed E-state index contributed by atoms with van der Waals surface area (Å²) < 4.78 is 6.64. The first-order valence-corrected chi connectivity index (χ1v) is 8.44. The lowest BCUT2D eigenvalue weighted by molar-refractivity contribution is -0.138.